The summed E-state index contributed by atoms with van der Waals surface area (Å²) < 4.78 is 40.0. The molecule has 1 saturated heterocycles. The summed E-state index contributed by atoms with van der Waals surface area (Å²) in [5.74, 6) is -0.984. The molecule has 0 bridgehead atoms. The van der Waals surface area contributed by atoms with Crippen molar-refractivity contribution in [3.63, 3.8) is 0 Å². The summed E-state index contributed by atoms with van der Waals surface area (Å²) in [6.45, 7) is 7.28. The van der Waals surface area contributed by atoms with E-state index in [4.69, 9.17) is 9.47 Å². The Morgan fingerprint density at radius 1 is 0.837 bits per heavy atom. The minimum Gasteiger partial charge on any atom is -0.488 e. The van der Waals surface area contributed by atoms with Gasteiger partial charge in [0.2, 0.25) is 5.91 Å². The molecule has 49 heavy (non-hydrogen) atoms. The quantitative estimate of drug-likeness (QED) is 0.221. The molecule has 11 heteroatoms. The number of hydrogen-bond acceptors (Lipinski definition) is 7. The molecule has 5 rings (SSSR count). The zero-order valence-electron chi connectivity index (χ0n) is 28.0. The minimum absolute atomic E-state index is 0.00907. The molecule has 1 heterocycles. The zero-order valence-corrected chi connectivity index (χ0v) is 28.8. The van der Waals surface area contributed by atoms with Crippen LogP contribution in [0.4, 0.5) is 4.79 Å². The molecule has 0 saturated carbocycles. The van der Waals surface area contributed by atoms with Crippen LogP contribution in [0.2, 0.25) is 0 Å². The molecule has 4 aromatic rings. The predicted molar refractivity (Wildman–Crippen MR) is 186 cm³/mol. The molecule has 1 aliphatic heterocycles. The Morgan fingerprint density at radius 3 is 2.00 bits per heavy atom. The first-order valence-corrected chi connectivity index (χ1v) is 17.5. The second-order valence-electron chi connectivity index (χ2n) is 13.0. The van der Waals surface area contributed by atoms with Crippen molar-refractivity contribution in [3.8, 4) is 16.9 Å². The van der Waals surface area contributed by atoms with Crippen LogP contribution in [0.3, 0.4) is 0 Å². The summed E-state index contributed by atoms with van der Waals surface area (Å²) in [5.41, 5.74) is 3.12. The molecule has 3 amide bonds. The third-order valence-electron chi connectivity index (χ3n) is 7.94. The van der Waals surface area contributed by atoms with E-state index in [-0.39, 0.29) is 24.3 Å². The third-order valence-corrected chi connectivity index (χ3v) is 9.30. The van der Waals surface area contributed by atoms with Crippen LogP contribution < -0.4 is 14.8 Å². The van der Waals surface area contributed by atoms with E-state index in [0.717, 1.165) is 11.1 Å². The number of sulfonamides is 1. The van der Waals surface area contributed by atoms with Crippen molar-refractivity contribution in [2.45, 2.75) is 69.2 Å². The Bertz CT molecular complexity index is 1860. The lowest BCUT2D eigenvalue weighted by atomic mass is 10.0. The van der Waals surface area contributed by atoms with E-state index in [1.54, 1.807) is 63.2 Å². The van der Waals surface area contributed by atoms with Gasteiger partial charge in [-0.1, -0.05) is 90.5 Å². The number of hydrogen-bond donors (Lipinski definition) is 2. The number of rotatable bonds is 10. The van der Waals surface area contributed by atoms with Crippen molar-refractivity contribution >= 4 is 27.9 Å². The SMILES string of the molecule is Cc1ccc(-c2ccc(O[C@H]3C[C@@H](C(=O)N[C@@H](Cc4ccccc4)C(=O)NS(=O)(=O)c4ccccc4)N(C(=O)OC(C)(C)C)C3)cc2)cc1. The van der Waals surface area contributed by atoms with E-state index in [0.29, 0.717) is 11.3 Å². The van der Waals surface area contributed by atoms with E-state index in [2.05, 4.69) is 10.0 Å². The second-order valence-corrected chi connectivity index (χ2v) is 14.7. The first-order valence-electron chi connectivity index (χ1n) is 16.1. The van der Waals surface area contributed by atoms with E-state index >= 15 is 0 Å². The number of aryl methyl sites for hydroxylation is 1. The molecule has 2 N–H and O–H groups in total. The molecule has 0 unspecified atom stereocenters. The van der Waals surface area contributed by atoms with E-state index < -0.39 is 51.7 Å². The Kier molecular flexibility index (Phi) is 10.7. The fourth-order valence-electron chi connectivity index (χ4n) is 5.51. The number of amides is 3. The molecule has 1 fully saturated rings. The summed E-state index contributed by atoms with van der Waals surface area (Å²) in [7, 11) is -4.22. The van der Waals surface area contributed by atoms with Crippen molar-refractivity contribution in [2.75, 3.05) is 6.54 Å². The molecule has 0 radical (unpaired) electrons. The predicted octanol–water partition coefficient (Wildman–Crippen LogP) is 5.65. The van der Waals surface area contributed by atoms with Crippen molar-refractivity contribution in [2.24, 2.45) is 0 Å². The maximum atomic E-state index is 13.9. The van der Waals surface area contributed by atoms with Crippen molar-refractivity contribution < 1.29 is 32.3 Å². The van der Waals surface area contributed by atoms with Gasteiger partial charge in [-0.3, -0.25) is 14.5 Å². The van der Waals surface area contributed by atoms with Crippen LogP contribution in [0.25, 0.3) is 11.1 Å². The summed E-state index contributed by atoms with van der Waals surface area (Å²) in [5, 5.41) is 2.72. The monoisotopic (exact) mass is 683 g/mol. The molecule has 0 spiro atoms. The number of nitrogens with zero attached hydrogens (tertiary/aromatic N) is 1. The topological polar surface area (TPSA) is 131 Å². The van der Waals surface area contributed by atoms with Crippen LogP contribution >= 0.6 is 0 Å². The van der Waals surface area contributed by atoms with Gasteiger partial charge >= 0.3 is 6.09 Å². The lowest BCUT2D eigenvalue weighted by molar-refractivity contribution is -0.130. The lowest BCUT2D eigenvalue weighted by Crippen LogP contribution is -2.54. The highest BCUT2D eigenvalue weighted by atomic mass is 32.2. The first kappa shape index (κ1) is 35.2. The summed E-state index contributed by atoms with van der Waals surface area (Å²) in [6.07, 6.45) is -1.14. The van der Waals surface area contributed by atoms with Crippen LogP contribution in [-0.4, -0.2) is 61.6 Å². The van der Waals surface area contributed by atoms with E-state index in [1.165, 1.54) is 22.6 Å². The molecule has 4 aromatic carbocycles. The van der Waals surface area contributed by atoms with Crippen LogP contribution in [0, 0.1) is 6.92 Å². The van der Waals surface area contributed by atoms with Crippen molar-refractivity contribution in [1.29, 1.82) is 0 Å². The zero-order chi connectivity index (χ0) is 35.2. The fourth-order valence-corrected chi connectivity index (χ4v) is 6.55. The third kappa shape index (κ3) is 9.48. The normalized spacial score (nSPS) is 16.8. The van der Waals surface area contributed by atoms with Gasteiger partial charge in [0, 0.05) is 12.8 Å². The van der Waals surface area contributed by atoms with Gasteiger partial charge in [0.15, 0.2) is 0 Å². The molecular formula is C38H41N3O7S. The largest absolute Gasteiger partial charge is 0.488 e. The van der Waals surface area contributed by atoms with Gasteiger partial charge in [-0.25, -0.2) is 17.9 Å². The summed E-state index contributed by atoms with van der Waals surface area (Å²) >= 11 is 0. The van der Waals surface area contributed by atoms with Gasteiger partial charge < -0.3 is 14.8 Å². The van der Waals surface area contributed by atoms with Gasteiger partial charge in [-0.05, 0) is 68.7 Å². The summed E-state index contributed by atoms with van der Waals surface area (Å²) in [4.78, 5) is 42.0. The second kappa shape index (κ2) is 14.9. The van der Waals surface area contributed by atoms with Crippen LogP contribution in [0.15, 0.2) is 114 Å². The Hall–Kier alpha value is -5.16. The number of benzene rings is 4. The van der Waals surface area contributed by atoms with Crippen molar-refractivity contribution in [3.05, 3.63) is 120 Å². The average Bonchev–Trinajstić information content (AvgIpc) is 3.49. The maximum Gasteiger partial charge on any atom is 0.411 e. The van der Waals surface area contributed by atoms with Crippen LogP contribution in [0.1, 0.15) is 38.3 Å². The van der Waals surface area contributed by atoms with Crippen molar-refractivity contribution in [1.82, 2.24) is 14.9 Å². The number of likely N-dealkylation sites (tertiary alicyclic amines) is 1. The highest BCUT2D eigenvalue weighted by molar-refractivity contribution is 7.90. The Labute approximate surface area is 287 Å². The molecular weight excluding hydrogens is 642 g/mol. The highest BCUT2D eigenvalue weighted by Crippen LogP contribution is 2.28. The standard InChI is InChI=1S/C38H41N3O7S/c1-26-15-17-28(18-16-26)29-19-21-30(22-20-29)47-31-24-34(41(25-31)37(44)48-38(2,3)4)36(43)39-33(23-27-11-7-5-8-12-27)35(42)40-49(45,46)32-13-9-6-10-14-32/h5-22,31,33-34H,23-25H2,1-4H3,(H,39,43)(H,40,42)/t31-,33-,34-/m0/s1. The highest BCUT2D eigenvalue weighted by Gasteiger charge is 2.43. The number of ether oxygens (including phenoxy) is 2. The molecule has 0 aromatic heterocycles. The molecule has 1 aliphatic rings. The van der Waals surface area contributed by atoms with E-state index in [9.17, 15) is 22.8 Å². The van der Waals surface area contributed by atoms with Gasteiger partial charge in [-0.2, -0.15) is 0 Å². The number of carbonyl (C=O) groups excluding carboxylic acids is 3. The average molecular weight is 684 g/mol. The van der Waals surface area contributed by atoms with Gasteiger partial charge in [-0.15, -0.1) is 0 Å². The van der Waals surface area contributed by atoms with Crippen LogP contribution in [-0.2, 0) is 30.8 Å². The van der Waals surface area contributed by atoms with E-state index in [1.807, 2.05) is 61.5 Å². The van der Waals surface area contributed by atoms with Crippen LogP contribution in [0.5, 0.6) is 5.75 Å². The van der Waals surface area contributed by atoms with Gasteiger partial charge in [0.1, 0.15) is 29.5 Å². The lowest BCUT2D eigenvalue weighted by Gasteiger charge is -2.28. The number of carbonyl (C=O) groups is 3. The first-order chi connectivity index (χ1) is 23.3. The molecule has 10 nitrogen and oxygen atoms in total. The summed E-state index contributed by atoms with van der Waals surface area (Å²) in [6, 6.07) is 29.8. The van der Waals surface area contributed by atoms with Gasteiger partial charge in [0.05, 0.1) is 11.4 Å². The molecule has 0 aliphatic carbocycles. The maximum absolute atomic E-state index is 13.9. The smallest absolute Gasteiger partial charge is 0.411 e. The minimum atomic E-state index is -4.22. The number of nitrogens with one attached hydrogen (secondary N) is 2. The fraction of sp³-hybridized carbons (Fsp3) is 0.289. The molecule has 256 valence electrons. The Balaban J connectivity index is 1.35. The Morgan fingerprint density at radius 2 is 1.41 bits per heavy atom. The molecule has 3 atom stereocenters. The van der Waals surface area contributed by atoms with Gasteiger partial charge in [0.25, 0.3) is 15.9 Å².